The van der Waals surface area contributed by atoms with Crippen molar-refractivity contribution in [3.63, 3.8) is 0 Å². The van der Waals surface area contributed by atoms with E-state index in [4.69, 9.17) is 14.2 Å². The van der Waals surface area contributed by atoms with E-state index in [2.05, 4.69) is 0 Å². The number of carbonyl (C=O) groups excluding carboxylic acids is 1. The molecule has 2 aromatic rings. The summed E-state index contributed by atoms with van der Waals surface area (Å²) in [5.74, 6) is 0.351. The third-order valence-corrected chi connectivity index (χ3v) is 3.59. The average Bonchev–Trinajstić information content (AvgIpc) is 2.58. The predicted octanol–water partition coefficient (Wildman–Crippen LogP) is 3.05. The molecule has 0 saturated heterocycles. The van der Waals surface area contributed by atoms with Crippen molar-refractivity contribution in [1.82, 2.24) is 0 Å². The van der Waals surface area contributed by atoms with Gasteiger partial charge in [-0.1, -0.05) is 6.07 Å². The number of hydrogen-bond donors (Lipinski definition) is 2. The van der Waals surface area contributed by atoms with Crippen molar-refractivity contribution in [1.29, 1.82) is 0 Å². The number of phenols is 2. The minimum atomic E-state index is -1.15. The van der Waals surface area contributed by atoms with Crippen molar-refractivity contribution in [3.8, 4) is 23.0 Å². The van der Waals surface area contributed by atoms with E-state index in [1.54, 1.807) is 51.3 Å². The van der Waals surface area contributed by atoms with E-state index in [0.717, 1.165) is 5.56 Å². The summed E-state index contributed by atoms with van der Waals surface area (Å²) in [6.45, 7) is 3.40. The molecule has 0 aliphatic rings. The maximum absolute atomic E-state index is 12.2. The van der Waals surface area contributed by atoms with Crippen molar-refractivity contribution in [3.05, 3.63) is 48.0 Å². The molecule has 25 heavy (non-hydrogen) atoms. The first-order chi connectivity index (χ1) is 11.8. The van der Waals surface area contributed by atoms with E-state index < -0.39 is 11.6 Å². The third kappa shape index (κ3) is 5.04. The van der Waals surface area contributed by atoms with Crippen LogP contribution >= 0.6 is 0 Å². The molecule has 6 nitrogen and oxygen atoms in total. The number of esters is 1. The molecular formula is C19H22O6. The van der Waals surface area contributed by atoms with Crippen LogP contribution in [0.1, 0.15) is 19.4 Å². The van der Waals surface area contributed by atoms with Gasteiger partial charge in [-0.2, -0.15) is 0 Å². The Kier molecular flexibility index (Phi) is 5.75. The minimum Gasteiger partial charge on any atom is -0.504 e. The molecule has 0 aliphatic heterocycles. The lowest BCUT2D eigenvalue weighted by atomic mass is 10.1. The fraction of sp³-hybridized carbons (Fsp3) is 0.316. The van der Waals surface area contributed by atoms with Crippen molar-refractivity contribution >= 4 is 5.97 Å². The van der Waals surface area contributed by atoms with Crippen LogP contribution < -0.4 is 9.47 Å². The number of benzene rings is 2. The van der Waals surface area contributed by atoms with Crippen LogP contribution in [0.15, 0.2) is 42.5 Å². The topological polar surface area (TPSA) is 85.2 Å². The van der Waals surface area contributed by atoms with Crippen molar-refractivity contribution in [2.75, 3.05) is 13.7 Å². The monoisotopic (exact) mass is 346 g/mol. The van der Waals surface area contributed by atoms with Crippen LogP contribution in [-0.2, 0) is 16.0 Å². The Morgan fingerprint density at radius 2 is 1.64 bits per heavy atom. The lowest BCUT2D eigenvalue weighted by Crippen LogP contribution is -2.40. The Bertz CT molecular complexity index is 721. The number of aromatic hydroxyl groups is 2. The Labute approximate surface area is 146 Å². The molecule has 6 heteroatoms. The van der Waals surface area contributed by atoms with E-state index in [0.29, 0.717) is 17.9 Å². The molecule has 0 aromatic heterocycles. The summed E-state index contributed by atoms with van der Waals surface area (Å²) in [6.07, 6.45) is 0.415. The van der Waals surface area contributed by atoms with Gasteiger partial charge in [0.25, 0.3) is 0 Å². The van der Waals surface area contributed by atoms with Crippen LogP contribution in [0.2, 0.25) is 0 Å². The molecule has 2 N–H and O–H groups in total. The molecule has 0 bridgehead atoms. The van der Waals surface area contributed by atoms with E-state index in [9.17, 15) is 15.0 Å². The summed E-state index contributed by atoms with van der Waals surface area (Å²) in [7, 11) is 1.57. The number of hydrogen-bond acceptors (Lipinski definition) is 6. The standard InChI is InChI=1S/C19H22O6/c1-19(2,25-15-7-5-14(23-3)6-8-15)18(22)24-11-10-13-4-9-16(20)17(21)12-13/h4-9,12,20-21H,10-11H2,1-3H3. The van der Waals surface area contributed by atoms with Gasteiger partial charge in [0, 0.05) is 6.42 Å². The SMILES string of the molecule is COc1ccc(OC(C)(C)C(=O)OCCc2ccc(O)c(O)c2)cc1. The highest BCUT2D eigenvalue weighted by atomic mass is 16.6. The number of carbonyl (C=O) groups is 1. The van der Waals surface area contributed by atoms with Crippen LogP contribution in [0.3, 0.4) is 0 Å². The maximum Gasteiger partial charge on any atom is 0.349 e. The van der Waals surface area contributed by atoms with E-state index in [1.807, 2.05) is 0 Å². The smallest absolute Gasteiger partial charge is 0.349 e. The molecule has 0 unspecified atom stereocenters. The zero-order valence-electron chi connectivity index (χ0n) is 14.5. The third-order valence-electron chi connectivity index (χ3n) is 3.59. The van der Waals surface area contributed by atoms with Crippen molar-refractivity contribution in [2.24, 2.45) is 0 Å². The largest absolute Gasteiger partial charge is 0.504 e. The lowest BCUT2D eigenvalue weighted by molar-refractivity contribution is -0.159. The maximum atomic E-state index is 12.2. The second-order valence-corrected chi connectivity index (χ2v) is 6.00. The molecule has 0 saturated carbocycles. The molecule has 0 atom stereocenters. The van der Waals surface area contributed by atoms with Gasteiger partial charge in [0.2, 0.25) is 0 Å². The highest BCUT2D eigenvalue weighted by Gasteiger charge is 2.31. The lowest BCUT2D eigenvalue weighted by Gasteiger charge is -2.24. The summed E-state index contributed by atoms with van der Waals surface area (Å²) >= 11 is 0. The van der Waals surface area contributed by atoms with Gasteiger partial charge in [0.15, 0.2) is 17.1 Å². The predicted molar refractivity (Wildman–Crippen MR) is 92.1 cm³/mol. The molecule has 0 amide bonds. The summed E-state index contributed by atoms with van der Waals surface area (Å²) < 4.78 is 16.0. The van der Waals surface area contributed by atoms with Gasteiger partial charge in [0.05, 0.1) is 13.7 Å². The summed E-state index contributed by atoms with van der Waals surface area (Å²) in [5, 5.41) is 18.7. The summed E-state index contributed by atoms with van der Waals surface area (Å²) in [5.41, 5.74) is -0.400. The van der Waals surface area contributed by atoms with E-state index in [1.165, 1.54) is 12.1 Å². The second kappa shape index (κ2) is 7.79. The summed E-state index contributed by atoms with van der Waals surface area (Å²) in [6, 6.07) is 11.4. The molecule has 2 rings (SSSR count). The van der Waals surface area contributed by atoms with E-state index in [-0.39, 0.29) is 18.1 Å². The van der Waals surface area contributed by atoms with Gasteiger partial charge in [-0.05, 0) is 55.8 Å². The number of ether oxygens (including phenoxy) is 3. The first-order valence-electron chi connectivity index (χ1n) is 7.83. The van der Waals surface area contributed by atoms with Gasteiger partial charge >= 0.3 is 5.97 Å². The number of rotatable bonds is 7. The van der Waals surface area contributed by atoms with Gasteiger partial charge in [-0.3, -0.25) is 0 Å². The molecule has 0 aliphatic carbocycles. The minimum absolute atomic E-state index is 0.137. The second-order valence-electron chi connectivity index (χ2n) is 6.00. The first-order valence-corrected chi connectivity index (χ1v) is 7.83. The zero-order valence-corrected chi connectivity index (χ0v) is 14.5. The van der Waals surface area contributed by atoms with Crippen molar-refractivity contribution in [2.45, 2.75) is 25.9 Å². The van der Waals surface area contributed by atoms with Gasteiger partial charge in [0.1, 0.15) is 11.5 Å². The van der Waals surface area contributed by atoms with Crippen molar-refractivity contribution < 1.29 is 29.2 Å². The molecule has 0 fully saturated rings. The molecule has 0 radical (unpaired) electrons. The molecular weight excluding hydrogens is 324 g/mol. The van der Waals surface area contributed by atoms with Crippen LogP contribution in [0.25, 0.3) is 0 Å². The highest BCUT2D eigenvalue weighted by Crippen LogP contribution is 2.25. The van der Waals surface area contributed by atoms with Crippen LogP contribution in [0.5, 0.6) is 23.0 Å². The Morgan fingerprint density at radius 3 is 2.24 bits per heavy atom. The molecule has 0 spiro atoms. The van der Waals surface area contributed by atoms with Gasteiger partial charge in [-0.15, -0.1) is 0 Å². The molecule has 134 valence electrons. The van der Waals surface area contributed by atoms with Gasteiger partial charge < -0.3 is 24.4 Å². The first kappa shape index (κ1) is 18.4. The summed E-state index contributed by atoms with van der Waals surface area (Å²) in [4.78, 5) is 12.2. The normalized spacial score (nSPS) is 11.0. The fourth-order valence-electron chi connectivity index (χ4n) is 2.14. The van der Waals surface area contributed by atoms with Crippen LogP contribution in [0, 0.1) is 0 Å². The molecule has 0 heterocycles. The Balaban J connectivity index is 1.88. The fourth-order valence-corrected chi connectivity index (χ4v) is 2.14. The van der Waals surface area contributed by atoms with E-state index >= 15 is 0 Å². The average molecular weight is 346 g/mol. The van der Waals surface area contributed by atoms with Crippen LogP contribution in [-0.4, -0.2) is 35.5 Å². The van der Waals surface area contributed by atoms with Gasteiger partial charge in [-0.25, -0.2) is 4.79 Å². The molecule has 2 aromatic carbocycles. The number of phenolic OH excluding ortho intramolecular Hbond substituents is 2. The highest BCUT2D eigenvalue weighted by molar-refractivity contribution is 5.79. The Hall–Kier alpha value is -2.89. The number of methoxy groups -OCH3 is 1. The quantitative estimate of drug-likeness (QED) is 0.592. The Morgan fingerprint density at radius 1 is 1.00 bits per heavy atom. The zero-order chi connectivity index (χ0) is 18.4. The van der Waals surface area contributed by atoms with Crippen LogP contribution in [0.4, 0.5) is 0 Å².